The average Bonchev–Trinajstić information content (AvgIpc) is 3.33. The van der Waals surface area contributed by atoms with Gasteiger partial charge >= 0.3 is 5.97 Å². The number of methoxy groups -OCH3 is 1. The van der Waals surface area contributed by atoms with Gasteiger partial charge in [0.15, 0.2) is 5.11 Å². The van der Waals surface area contributed by atoms with Crippen molar-refractivity contribution >= 4 is 23.3 Å². The molecule has 2 unspecified atom stereocenters. The second-order valence-electron chi connectivity index (χ2n) is 6.51. The summed E-state index contributed by atoms with van der Waals surface area (Å²) in [6.45, 7) is 0. The molecule has 1 N–H and O–H groups in total. The minimum absolute atomic E-state index is 0.112. The Hall–Kier alpha value is -3.19. The maximum absolute atomic E-state index is 11.8. The average molecular weight is 393 g/mol. The predicted octanol–water partition coefficient (Wildman–Crippen LogP) is 3.73. The lowest BCUT2D eigenvalue weighted by atomic mass is 10.0. The van der Waals surface area contributed by atoms with Crippen LogP contribution in [0.15, 0.2) is 65.2 Å². The van der Waals surface area contributed by atoms with Gasteiger partial charge in [0.1, 0.15) is 17.6 Å². The summed E-state index contributed by atoms with van der Waals surface area (Å²) in [5, 5.41) is 3.97. The lowest BCUT2D eigenvalue weighted by molar-refractivity contribution is 0.0601. The third kappa shape index (κ3) is 3.25. The summed E-state index contributed by atoms with van der Waals surface area (Å²) in [5.41, 5.74) is 2.18. The number of hydrogen-bond donors (Lipinski definition) is 1. The van der Waals surface area contributed by atoms with E-state index >= 15 is 0 Å². The van der Waals surface area contributed by atoms with E-state index in [1.165, 1.54) is 7.11 Å². The van der Waals surface area contributed by atoms with Gasteiger partial charge in [0.25, 0.3) is 0 Å². The number of carbonyl (C=O) groups excluding carboxylic acids is 1. The molecule has 28 heavy (non-hydrogen) atoms. The fourth-order valence-corrected chi connectivity index (χ4v) is 3.64. The van der Waals surface area contributed by atoms with Gasteiger partial charge in [0.2, 0.25) is 0 Å². The first-order chi connectivity index (χ1) is 13.6. The number of thiocarbonyl (C=S) groups is 1. The number of nitrogens with one attached hydrogen (secondary N) is 1. The molecule has 2 aromatic heterocycles. The van der Waals surface area contributed by atoms with Crippen molar-refractivity contribution in [3.63, 3.8) is 0 Å². The van der Waals surface area contributed by atoms with Gasteiger partial charge in [-0.2, -0.15) is 0 Å². The summed E-state index contributed by atoms with van der Waals surface area (Å²) in [4.78, 5) is 18.2. The van der Waals surface area contributed by atoms with Gasteiger partial charge in [-0.25, -0.2) is 4.79 Å². The summed E-state index contributed by atoms with van der Waals surface area (Å²) in [5.74, 6) is 1.06. The molecule has 1 saturated heterocycles. The maximum Gasteiger partial charge on any atom is 0.337 e. The molecule has 0 amide bonds. The number of carbonyl (C=O) groups is 1. The smallest absolute Gasteiger partial charge is 0.337 e. The topological polar surface area (TPSA) is 67.6 Å². The predicted molar refractivity (Wildman–Crippen MR) is 109 cm³/mol. The van der Waals surface area contributed by atoms with E-state index < -0.39 is 0 Å². The zero-order valence-corrected chi connectivity index (χ0v) is 16.3. The van der Waals surface area contributed by atoms with Crippen molar-refractivity contribution in [1.82, 2.24) is 15.2 Å². The van der Waals surface area contributed by atoms with Crippen LogP contribution < -0.4 is 5.32 Å². The molecule has 0 spiro atoms. The van der Waals surface area contributed by atoms with Crippen LogP contribution in [-0.2, 0) is 4.74 Å². The molecule has 0 bridgehead atoms. The Bertz CT molecular complexity index is 1020. The van der Waals surface area contributed by atoms with Crippen molar-refractivity contribution in [2.24, 2.45) is 0 Å². The fourth-order valence-electron chi connectivity index (χ4n) is 3.40. The number of hydrogen-bond acceptors (Lipinski definition) is 5. The van der Waals surface area contributed by atoms with Gasteiger partial charge in [-0.15, -0.1) is 0 Å². The zero-order chi connectivity index (χ0) is 19.7. The molecule has 1 aromatic carbocycles. The molecule has 0 saturated carbocycles. The molecule has 2 atom stereocenters. The van der Waals surface area contributed by atoms with Crippen molar-refractivity contribution in [3.8, 4) is 11.3 Å². The summed E-state index contributed by atoms with van der Waals surface area (Å²) < 4.78 is 11.0. The highest BCUT2D eigenvalue weighted by Gasteiger charge is 2.39. The van der Waals surface area contributed by atoms with Crippen LogP contribution in [-0.4, -0.2) is 35.1 Å². The summed E-state index contributed by atoms with van der Waals surface area (Å²) >= 11 is 5.45. The van der Waals surface area contributed by atoms with E-state index in [-0.39, 0.29) is 18.1 Å². The van der Waals surface area contributed by atoms with Crippen molar-refractivity contribution in [3.05, 3.63) is 77.8 Å². The number of ether oxygens (including phenoxy) is 1. The molecule has 0 radical (unpaired) electrons. The molecule has 1 aliphatic rings. The van der Waals surface area contributed by atoms with Crippen molar-refractivity contribution < 1.29 is 13.9 Å². The molecular weight excluding hydrogens is 374 g/mol. The third-order valence-electron chi connectivity index (χ3n) is 4.83. The molecule has 3 aromatic rings. The van der Waals surface area contributed by atoms with Crippen LogP contribution in [0.3, 0.4) is 0 Å². The molecule has 1 fully saturated rings. The summed E-state index contributed by atoms with van der Waals surface area (Å²) in [6, 6.07) is 16.6. The van der Waals surface area contributed by atoms with Crippen LogP contribution in [0.5, 0.6) is 0 Å². The number of likely N-dealkylation sites (N-methyl/N-ethyl adjacent to an activating group) is 1. The van der Waals surface area contributed by atoms with Gasteiger partial charge in [-0.3, -0.25) is 4.98 Å². The first-order valence-corrected chi connectivity index (χ1v) is 9.22. The van der Waals surface area contributed by atoms with Crippen molar-refractivity contribution in [1.29, 1.82) is 0 Å². The first-order valence-electron chi connectivity index (χ1n) is 8.81. The van der Waals surface area contributed by atoms with E-state index in [2.05, 4.69) is 10.3 Å². The summed E-state index contributed by atoms with van der Waals surface area (Å²) in [6.07, 6.45) is 1.77. The number of furan rings is 1. The molecule has 1 aliphatic heterocycles. The Morgan fingerprint density at radius 3 is 2.82 bits per heavy atom. The third-order valence-corrected chi connectivity index (χ3v) is 5.23. The van der Waals surface area contributed by atoms with E-state index in [1.54, 1.807) is 24.4 Å². The quantitative estimate of drug-likeness (QED) is 0.535. The van der Waals surface area contributed by atoms with E-state index in [1.807, 2.05) is 48.3 Å². The Balaban J connectivity index is 1.68. The van der Waals surface area contributed by atoms with Crippen molar-refractivity contribution in [2.45, 2.75) is 12.1 Å². The van der Waals surface area contributed by atoms with Gasteiger partial charge < -0.3 is 19.4 Å². The Kier molecular flexibility index (Phi) is 4.83. The standard InChI is InChI=1S/C21H19N3O3S/c1-24-19(18(23-21(24)28)15-8-3-4-11-22-15)17-10-9-16(27-17)13-6-5-7-14(12-13)20(25)26-2/h3-12,18-19H,1-2H3,(H,23,28). The van der Waals surface area contributed by atoms with E-state index in [4.69, 9.17) is 21.4 Å². The normalized spacial score (nSPS) is 18.8. The Morgan fingerprint density at radius 1 is 1.21 bits per heavy atom. The SMILES string of the molecule is COC(=O)c1cccc(-c2ccc(C3C(c4ccccn4)NC(=S)N3C)o2)c1. The zero-order valence-electron chi connectivity index (χ0n) is 15.5. The second kappa shape index (κ2) is 7.44. The molecule has 6 nitrogen and oxygen atoms in total. The summed E-state index contributed by atoms with van der Waals surface area (Å²) in [7, 11) is 3.30. The van der Waals surface area contributed by atoms with Crippen LogP contribution in [0.4, 0.5) is 0 Å². The first kappa shape index (κ1) is 18.2. The number of esters is 1. The lowest BCUT2D eigenvalue weighted by Gasteiger charge is -2.21. The highest BCUT2D eigenvalue weighted by Crippen LogP contribution is 2.39. The van der Waals surface area contributed by atoms with Crippen LogP contribution in [0.1, 0.15) is 33.9 Å². The second-order valence-corrected chi connectivity index (χ2v) is 6.90. The lowest BCUT2D eigenvalue weighted by Crippen LogP contribution is -2.24. The van der Waals surface area contributed by atoms with Gasteiger partial charge in [0, 0.05) is 18.8 Å². The molecule has 142 valence electrons. The van der Waals surface area contributed by atoms with Gasteiger partial charge in [-0.1, -0.05) is 18.2 Å². The largest absolute Gasteiger partial charge is 0.465 e. The van der Waals surface area contributed by atoms with E-state index in [0.717, 1.165) is 17.0 Å². The Morgan fingerprint density at radius 2 is 2.07 bits per heavy atom. The van der Waals surface area contributed by atoms with Crippen LogP contribution in [0, 0.1) is 0 Å². The number of pyridine rings is 1. The number of aromatic nitrogens is 1. The number of benzene rings is 1. The molecule has 4 rings (SSSR count). The number of nitrogens with zero attached hydrogens (tertiary/aromatic N) is 2. The van der Waals surface area contributed by atoms with Gasteiger partial charge in [-0.05, 0) is 48.6 Å². The fraction of sp³-hybridized carbons (Fsp3) is 0.190. The minimum Gasteiger partial charge on any atom is -0.465 e. The van der Waals surface area contributed by atoms with E-state index in [9.17, 15) is 4.79 Å². The van der Waals surface area contributed by atoms with Crippen LogP contribution in [0.2, 0.25) is 0 Å². The highest BCUT2D eigenvalue weighted by atomic mass is 32.1. The van der Waals surface area contributed by atoms with Crippen LogP contribution in [0.25, 0.3) is 11.3 Å². The molecular formula is C21H19N3O3S. The minimum atomic E-state index is -0.381. The monoisotopic (exact) mass is 393 g/mol. The van der Waals surface area contributed by atoms with Gasteiger partial charge in [0.05, 0.1) is 24.4 Å². The van der Waals surface area contributed by atoms with Crippen molar-refractivity contribution in [2.75, 3.05) is 14.2 Å². The maximum atomic E-state index is 11.8. The van der Waals surface area contributed by atoms with E-state index in [0.29, 0.717) is 16.4 Å². The Labute approximate surface area is 168 Å². The molecule has 7 heteroatoms. The number of rotatable bonds is 4. The van der Waals surface area contributed by atoms with Crippen LogP contribution >= 0.6 is 12.2 Å². The molecule has 0 aliphatic carbocycles. The highest BCUT2D eigenvalue weighted by molar-refractivity contribution is 7.80. The molecule has 3 heterocycles.